The van der Waals surface area contributed by atoms with Crippen LogP contribution < -0.4 is 14.2 Å². The lowest BCUT2D eigenvalue weighted by atomic mass is 9.84. The van der Waals surface area contributed by atoms with Crippen molar-refractivity contribution in [2.45, 2.75) is 58.7 Å². The van der Waals surface area contributed by atoms with E-state index < -0.39 is 23.5 Å². The zero-order valence-electron chi connectivity index (χ0n) is 17.8. The van der Waals surface area contributed by atoms with Gasteiger partial charge >= 0.3 is 12.2 Å². The highest BCUT2D eigenvalue weighted by molar-refractivity contribution is 5.58. The number of rotatable bonds is 4. The highest BCUT2D eigenvalue weighted by Crippen LogP contribution is 2.45. The number of alkyl halides is 3. The smallest absolute Gasteiger partial charge is 0.434 e. The van der Waals surface area contributed by atoms with Crippen molar-refractivity contribution < 1.29 is 32.5 Å². The molecule has 1 N–H and O–H groups in total. The number of hydrogen-bond acceptors (Lipinski definition) is 6. The molecule has 0 fully saturated rings. The van der Waals surface area contributed by atoms with E-state index in [1.165, 1.54) is 14.2 Å². The summed E-state index contributed by atoms with van der Waals surface area (Å²) in [5.74, 6) is 0.640. The Kier molecular flexibility index (Phi) is 5.51. The summed E-state index contributed by atoms with van der Waals surface area (Å²) in [6.07, 6.45) is -3.80. The lowest BCUT2D eigenvalue weighted by molar-refractivity contribution is -0.142. The van der Waals surface area contributed by atoms with Gasteiger partial charge in [-0.15, -0.1) is 0 Å². The van der Waals surface area contributed by atoms with Crippen molar-refractivity contribution in [3.8, 4) is 23.4 Å². The number of halogens is 3. The fraction of sp³-hybridized carbons (Fsp3) is 0.524. The number of aromatic nitrogens is 2. The van der Waals surface area contributed by atoms with Crippen LogP contribution >= 0.6 is 0 Å². The van der Waals surface area contributed by atoms with Gasteiger partial charge in [-0.3, -0.25) is 0 Å². The molecule has 0 saturated heterocycles. The molecule has 3 rings (SSSR count). The Morgan fingerprint density at radius 2 is 1.73 bits per heavy atom. The molecule has 0 amide bonds. The van der Waals surface area contributed by atoms with Crippen molar-refractivity contribution in [3.63, 3.8) is 0 Å². The Balaban J connectivity index is 2.08. The highest BCUT2D eigenvalue weighted by Gasteiger charge is 2.42. The van der Waals surface area contributed by atoms with E-state index >= 15 is 0 Å². The van der Waals surface area contributed by atoms with E-state index in [1.807, 2.05) is 13.8 Å². The highest BCUT2D eigenvalue weighted by atomic mass is 19.4. The van der Waals surface area contributed by atoms with Crippen molar-refractivity contribution in [1.29, 1.82) is 0 Å². The molecule has 6 nitrogen and oxygen atoms in total. The summed E-state index contributed by atoms with van der Waals surface area (Å²) in [5, 5.41) is 10.3. The van der Waals surface area contributed by atoms with Gasteiger partial charge < -0.3 is 19.3 Å². The normalized spacial score (nSPS) is 18.6. The first kappa shape index (κ1) is 22.0. The number of hydrogen-bond donors (Lipinski definition) is 1. The van der Waals surface area contributed by atoms with Gasteiger partial charge in [-0.25, -0.2) is 0 Å². The predicted octanol–water partition coefficient (Wildman–Crippen LogP) is 4.47. The molecule has 0 radical (unpaired) electrons. The van der Waals surface area contributed by atoms with Gasteiger partial charge in [0.15, 0.2) is 5.69 Å². The maximum atomic E-state index is 13.7. The predicted molar refractivity (Wildman–Crippen MR) is 104 cm³/mol. The molecular formula is C21H25F3N2O4. The number of ether oxygens (including phenoxy) is 3. The molecule has 0 aliphatic carbocycles. The number of benzene rings is 1. The van der Waals surface area contributed by atoms with Crippen LogP contribution in [0.3, 0.4) is 0 Å². The summed E-state index contributed by atoms with van der Waals surface area (Å²) in [5.41, 5.74) is 0.848. The minimum Gasteiger partial charge on any atom is -0.507 e. The molecule has 1 aliphatic rings. The Morgan fingerprint density at radius 1 is 1.07 bits per heavy atom. The zero-order chi connectivity index (χ0) is 22.4. The number of phenols is 1. The molecule has 1 aromatic heterocycles. The first-order chi connectivity index (χ1) is 13.9. The number of fused-ring (bicyclic) bond motifs is 1. The summed E-state index contributed by atoms with van der Waals surface area (Å²) >= 11 is 0. The van der Waals surface area contributed by atoms with Crippen LogP contribution in [0.1, 0.15) is 46.9 Å². The molecular weight excluding hydrogens is 401 g/mol. The summed E-state index contributed by atoms with van der Waals surface area (Å²) in [4.78, 5) is 7.48. The second kappa shape index (κ2) is 7.52. The molecule has 0 saturated carbocycles. The van der Waals surface area contributed by atoms with E-state index in [4.69, 9.17) is 14.2 Å². The van der Waals surface area contributed by atoms with Gasteiger partial charge in [-0.05, 0) is 57.2 Å². The Morgan fingerprint density at radius 3 is 2.30 bits per heavy atom. The van der Waals surface area contributed by atoms with Crippen LogP contribution in [0.5, 0.6) is 23.4 Å². The van der Waals surface area contributed by atoms with Crippen molar-refractivity contribution in [3.05, 3.63) is 33.5 Å². The fourth-order valence-corrected chi connectivity index (χ4v) is 3.89. The minimum absolute atomic E-state index is 0.104. The van der Waals surface area contributed by atoms with Crippen LogP contribution in [0.4, 0.5) is 13.2 Å². The van der Waals surface area contributed by atoms with E-state index in [1.54, 1.807) is 13.8 Å². The van der Waals surface area contributed by atoms with Gasteiger partial charge in [0.1, 0.15) is 17.1 Å². The summed E-state index contributed by atoms with van der Waals surface area (Å²) in [6, 6.07) is -0.416. The molecule has 0 spiro atoms. The number of nitrogens with zero attached hydrogens (tertiary/aromatic N) is 2. The van der Waals surface area contributed by atoms with E-state index in [9.17, 15) is 18.3 Å². The van der Waals surface area contributed by atoms with Crippen molar-refractivity contribution >= 4 is 0 Å². The van der Waals surface area contributed by atoms with Crippen LogP contribution in [0, 0.1) is 20.8 Å². The first-order valence-electron chi connectivity index (χ1n) is 9.48. The molecule has 30 heavy (non-hydrogen) atoms. The second-order valence-corrected chi connectivity index (χ2v) is 7.80. The lowest BCUT2D eigenvalue weighted by Gasteiger charge is -2.38. The molecule has 0 bridgehead atoms. The third-order valence-electron chi connectivity index (χ3n) is 5.74. The number of aromatic hydroxyl groups is 1. The van der Waals surface area contributed by atoms with Gasteiger partial charge in [-0.1, -0.05) is 0 Å². The van der Waals surface area contributed by atoms with Gasteiger partial charge in [0.05, 0.1) is 14.2 Å². The van der Waals surface area contributed by atoms with Crippen molar-refractivity contribution in [2.75, 3.05) is 14.2 Å². The van der Waals surface area contributed by atoms with Gasteiger partial charge in [-0.2, -0.15) is 23.1 Å². The standard InChI is InChI=1S/C21H25F3N2O4/c1-10-11(2)16-13(12(3)15(10)27)7-8-20(4,30-16)9-14-17(21(22,23)24)25-19(29-6)26-18(14)28-5/h27H,7-9H2,1-6H3. The molecule has 9 heteroatoms. The summed E-state index contributed by atoms with van der Waals surface area (Å²) < 4.78 is 57.4. The van der Waals surface area contributed by atoms with Crippen molar-refractivity contribution in [2.24, 2.45) is 0 Å². The fourth-order valence-electron chi connectivity index (χ4n) is 3.89. The second-order valence-electron chi connectivity index (χ2n) is 7.80. The van der Waals surface area contributed by atoms with Crippen LogP contribution in [-0.2, 0) is 19.0 Å². The average Bonchev–Trinajstić information content (AvgIpc) is 2.69. The quantitative estimate of drug-likeness (QED) is 0.778. The monoisotopic (exact) mass is 426 g/mol. The Bertz CT molecular complexity index is 992. The average molecular weight is 426 g/mol. The largest absolute Gasteiger partial charge is 0.507 e. The Hall–Kier alpha value is -2.71. The van der Waals surface area contributed by atoms with Gasteiger partial charge in [0.25, 0.3) is 0 Å². The van der Waals surface area contributed by atoms with E-state index in [0.29, 0.717) is 24.2 Å². The molecule has 164 valence electrons. The summed E-state index contributed by atoms with van der Waals surface area (Å²) in [7, 11) is 2.45. The van der Waals surface area contributed by atoms with Gasteiger partial charge in [0.2, 0.25) is 5.88 Å². The van der Waals surface area contributed by atoms with E-state index in [-0.39, 0.29) is 23.6 Å². The molecule has 1 aromatic carbocycles. The first-order valence-corrected chi connectivity index (χ1v) is 9.48. The maximum Gasteiger partial charge on any atom is 0.434 e. The van der Waals surface area contributed by atoms with Crippen LogP contribution in [0.25, 0.3) is 0 Å². The van der Waals surface area contributed by atoms with E-state index in [2.05, 4.69) is 9.97 Å². The SMILES string of the molecule is COc1nc(OC)c(CC2(C)CCc3c(C)c(O)c(C)c(C)c3O2)c(C(F)(F)F)n1. The Labute approximate surface area is 173 Å². The third-order valence-corrected chi connectivity index (χ3v) is 5.74. The maximum absolute atomic E-state index is 13.7. The number of methoxy groups -OCH3 is 2. The minimum atomic E-state index is -4.71. The molecule has 1 unspecified atom stereocenters. The molecule has 1 aliphatic heterocycles. The van der Waals surface area contributed by atoms with Crippen LogP contribution in [0.2, 0.25) is 0 Å². The van der Waals surface area contributed by atoms with Crippen LogP contribution in [-0.4, -0.2) is 34.9 Å². The lowest BCUT2D eigenvalue weighted by Crippen LogP contribution is -2.40. The zero-order valence-corrected chi connectivity index (χ0v) is 17.8. The van der Waals surface area contributed by atoms with E-state index in [0.717, 1.165) is 16.7 Å². The summed E-state index contributed by atoms with van der Waals surface area (Å²) in [6.45, 7) is 7.19. The topological polar surface area (TPSA) is 73.7 Å². The number of phenolic OH excluding ortho intramolecular Hbond substituents is 1. The van der Waals surface area contributed by atoms with Crippen LogP contribution in [0.15, 0.2) is 0 Å². The molecule has 1 atom stereocenters. The van der Waals surface area contributed by atoms with Crippen molar-refractivity contribution in [1.82, 2.24) is 9.97 Å². The van der Waals surface area contributed by atoms with Gasteiger partial charge in [0, 0.05) is 17.5 Å². The molecule has 2 aromatic rings. The molecule has 2 heterocycles. The third kappa shape index (κ3) is 3.73.